The standard InChI is InChI=1S/C13H10FN3O2.C12H9FN4O2/c1-19-13-3-2-8(5-15-13)10-6-17-7-11(18)9(14)4-12(17)16-10;1-19-12-14-3-7(4-15-12)9-5-17-6-10(18)8(13)2-11(17)16-9/h2-7,18H,1H3;2-6,18H,1H3. The monoisotopic (exact) mass is 519 g/mol. The van der Waals surface area contributed by atoms with Gasteiger partial charge in [0.1, 0.15) is 11.3 Å². The van der Waals surface area contributed by atoms with E-state index in [0.29, 0.717) is 34.1 Å². The van der Waals surface area contributed by atoms with Crippen LogP contribution in [0.5, 0.6) is 23.4 Å². The van der Waals surface area contributed by atoms with Crippen LogP contribution in [0.2, 0.25) is 0 Å². The van der Waals surface area contributed by atoms with E-state index in [1.807, 2.05) is 6.07 Å². The van der Waals surface area contributed by atoms with Crippen molar-refractivity contribution in [3.05, 3.63) is 79.3 Å². The van der Waals surface area contributed by atoms with Gasteiger partial charge in [-0.15, -0.1) is 0 Å². The number of fused-ring (bicyclic) bond motifs is 2. The number of hydrogen-bond donors (Lipinski definition) is 2. The molecule has 192 valence electrons. The molecule has 0 atom stereocenters. The number of nitrogens with zero attached hydrogens (tertiary/aromatic N) is 7. The zero-order valence-electron chi connectivity index (χ0n) is 19.9. The third-order valence-electron chi connectivity index (χ3n) is 5.39. The summed E-state index contributed by atoms with van der Waals surface area (Å²) in [7, 11) is 3.02. The van der Waals surface area contributed by atoms with Crippen LogP contribution >= 0.6 is 0 Å². The van der Waals surface area contributed by atoms with E-state index < -0.39 is 23.1 Å². The lowest BCUT2D eigenvalue weighted by Gasteiger charge is -1.98. The van der Waals surface area contributed by atoms with E-state index in [4.69, 9.17) is 9.47 Å². The molecule has 0 spiro atoms. The minimum Gasteiger partial charge on any atom is -0.504 e. The van der Waals surface area contributed by atoms with Gasteiger partial charge in [-0.05, 0) is 6.07 Å². The van der Waals surface area contributed by atoms with Gasteiger partial charge in [0.05, 0.1) is 38.0 Å². The molecule has 2 N–H and O–H groups in total. The topological polar surface area (TPSA) is 132 Å². The maximum absolute atomic E-state index is 13.2. The molecule has 6 rings (SSSR count). The molecule has 6 aromatic heterocycles. The Labute approximate surface area is 213 Å². The number of rotatable bonds is 4. The van der Waals surface area contributed by atoms with Crippen molar-refractivity contribution in [3.8, 4) is 45.9 Å². The molecule has 0 bridgehead atoms. The maximum atomic E-state index is 13.2. The van der Waals surface area contributed by atoms with Crippen LogP contribution < -0.4 is 9.47 Å². The van der Waals surface area contributed by atoms with E-state index in [-0.39, 0.29) is 6.01 Å². The van der Waals surface area contributed by atoms with Crippen LogP contribution in [0, 0.1) is 11.6 Å². The van der Waals surface area contributed by atoms with Crippen LogP contribution in [0.3, 0.4) is 0 Å². The van der Waals surface area contributed by atoms with Crippen LogP contribution in [0.4, 0.5) is 8.78 Å². The van der Waals surface area contributed by atoms with Crippen LogP contribution in [-0.2, 0) is 0 Å². The Bertz CT molecular complexity index is 1530. The summed E-state index contributed by atoms with van der Waals surface area (Å²) in [6.07, 6.45) is 10.6. The SMILES string of the molecule is COc1ccc(-c2cn3cc(O)c(F)cc3n2)cn1.COc1ncc(-c2cn3cc(O)c(F)cc3n2)cn1. The van der Waals surface area contributed by atoms with E-state index in [0.717, 1.165) is 11.6 Å². The molecular formula is C25H19F2N7O4. The van der Waals surface area contributed by atoms with Gasteiger partial charge in [-0.25, -0.2) is 33.7 Å². The van der Waals surface area contributed by atoms with Gasteiger partial charge in [-0.3, -0.25) is 0 Å². The normalized spacial score (nSPS) is 10.8. The molecule has 0 amide bonds. The lowest BCUT2D eigenvalue weighted by molar-refractivity contribution is 0.380. The van der Waals surface area contributed by atoms with E-state index in [9.17, 15) is 19.0 Å². The number of ether oxygens (including phenoxy) is 2. The number of aromatic nitrogens is 7. The molecular weight excluding hydrogens is 500 g/mol. The summed E-state index contributed by atoms with van der Waals surface area (Å²) in [5.41, 5.74) is 3.48. The fourth-order valence-electron chi connectivity index (χ4n) is 3.48. The predicted octanol–water partition coefficient (Wildman–Crippen LogP) is 3.89. The predicted molar refractivity (Wildman–Crippen MR) is 131 cm³/mol. The summed E-state index contributed by atoms with van der Waals surface area (Å²) in [6.45, 7) is 0. The Morgan fingerprint density at radius 1 is 0.684 bits per heavy atom. The molecule has 13 heteroatoms. The summed E-state index contributed by atoms with van der Waals surface area (Å²) in [5.74, 6) is -1.74. The maximum Gasteiger partial charge on any atom is 0.316 e. The van der Waals surface area contributed by atoms with E-state index >= 15 is 0 Å². The highest BCUT2D eigenvalue weighted by Gasteiger charge is 2.10. The van der Waals surface area contributed by atoms with Crippen molar-refractivity contribution in [2.24, 2.45) is 0 Å². The average molecular weight is 519 g/mol. The van der Waals surface area contributed by atoms with Crippen LogP contribution in [0.1, 0.15) is 0 Å². The van der Waals surface area contributed by atoms with Gasteiger partial charge in [0.15, 0.2) is 23.1 Å². The molecule has 0 aromatic carbocycles. The Morgan fingerprint density at radius 3 is 1.68 bits per heavy atom. The zero-order valence-corrected chi connectivity index (χ0v) is 19.9. The summed E-state index contributed by atoms with van der Waals surface area (Å²) < 4.78 is 39.4. The fraction of sp³-hybridized carbons (Fsp3) is 0.0800. The Hall–Kier alpha value is -5.33. The minimum absolute atomic E-state index is 0.260. The second-order valence-corrected chi connectivity index (χ2v) is 7.84. The molecule has 0 aliphatic rings. The summed E-state index contributed by atoms with van der Waals surface area (Å²) in [5, 5.41) is 18.6. The second kappa shape index (κ2) is 9.97. The molecule has 0 aliphatic carbocycles. The Kier molecular flexibility index (Phi) is 6.39. The van der Waals surface area contributed by atoms with Gasteiger partial charge in [-0.2, -0.15) is 0 Å². The lowest BCUT2D eigenvalue weighted by Crippen LogP contribution is -1.91. The van der Waals surface area contributed by atoms with Crippen molar-refractivity contribution in [1.29, 1.82) is 0 Å². The molecule has 38 heavy (non-hydrogen) atoms. The first-order valence-corrected chi connectivity index (χ1v) is 11.0. The summed E-state index contributed by atoms with van der Waals surface area (Å²) in [6, 6.07) is 6.12. The van der Waals surface area contributed by atoms with E-state index in [1.165, 1.54) is 30.0 Å². The third kappa shape index (κ3) is 4.84. The van der Waals surface area contributed by atoms with Gasteiger partial charge in [0.25, 0.3) is 0 Å². The lowest BCUT2D eigenvalue weighted by atomic mass is 10.2. The van der Waals surface area contributed by atoms with E-state index in [1.54, 1.807) is 48.6 Å². The first-order chi connectivity index (χ1) is 18.3. The van der Waals surface area contributed by atoms with Gasteiger partial charge in [0, 0.05) is 60.3 Å². The van der Waals surface area contributed by atoms with Crippen LogP contribution in [0.25, 0.3) is 33.8 Å². The van der Waals surface area contributed by atoms with Gasteiger partial charge in [-0.1, -0.05) is 0 Å². The number of methoxy groups -OCH3 is 2. The molecule has 11 nitrogen and oxygen atoms in total. The first kappa shape index (κ1) is 24.4. The Morgan fingerprint density at radius 2 is 1.21 bits per heavy atom. The number of hydrogen-bond acceptors (Lipinski definition) is 9. The summed E-state index contributed by atoms with van der Waals surface area (Å²) in [4.78, 5) is 20.5. The molecule has 0 unspecified atom stereocenters. The molecule has 6 aromatic rings. The van der Waals surface area contributed by atoms with Gasteiger partial charge < -0.3 is 28.5 Å². The molecule has 0 saturated carbocycles. The van der Waals surface area contributed by atoms with Crippen molar-refractivity contribution < 1.29 is 28.5 Å². The Balaban J connectivity index is 0.000000155. The molecule has 0 radical (unpaired) electrons. The quantitative estimate of drug-likeness (QED) is 0.356. The summed E-state index contributed by atoms with van der Waals surface area (Å²) >= 11 is 0. The van der Waals surface area contributed by atoms with Gasteiger partial charge >= 0.3 is 6.01 Å². The number of pyridine rings is 3. The molecule has 6 heterocycles. The zero-order chi connectivity index (χ0) is 26.8. The van der Waals surface area contributed by atoms with Crippen molar-refractivity contribution >= 4 is 11.3 Å². The van der Waals surface area contributed by atoms with Crippen molar-refractivity contribution in [3.63, 3.8) is 0 Å². The van der Waals surface area contributed by atoms with Crippen molar-refractivity contribution in [2.75, 3.05) is 14.2 Å². The van der Waals surface area contributed by atoms with Crippen molar-refractivity contribution in [1.82, 2.24) is 33.7 Å². The van der Waals surface area contributed by atoms with Crippen LogP contribution in [-0.4, -0.2) is 58.2 Å². The minimum atomic E-state index is -0.712. The van der Waals surface area contributed by atoms with Crippen molar-refractivity contribution in [2.45, 2.75) is 0 Å². The largest absolute Gasteiger partial charge is 0.504 e. The van der Waals surface area contributed by atoms with E-state index in [2.05, 4.69) is 24.9 Å². The average Bonchev–Trinajstić information content (AvgIpc) is 3.53. The highest BCUT2D eigenvalue weighted by atomic mass is 19.1. The van der Waals surface area contributed by atoms with Crippen LogP contribution in [0.15, 0.2) is 67.6 Å². The third-order valence-corrected chi connectivity index (χ3v) is 5.39. The molecule has 0 saturated heterocycles. The molecule has 0 fully saturated rings. The first-order valence-electron chi connectivity index (χ1n) is 11.0. The van der Waals surface area contributed by atoms with Gasteiger partial charge in [0.2, 0.25) is 5.88 Å². The highest BCUT2D eigenvalue weighted by Crippen LogP contribution is 2.24. The number of imidazole rings is 2. The smallest absolute Gasteiger partial charge is 0.316 e. The number of aromatic hydroxyl groups is 2. The second-order valence-electron chi connectivity index (χ2n) is 7.84. The fourth-order valence-corrected chi connectivity index (χ4v) is 3.48. The highest BCUT2D eigenvalue weighted by molar-refractivity contribution is 5.63. The number of halogens is 2. The molecule has 0 aliphatic heterocycles.